The number of amides is 1. The van der Waals surface area contributed by atoms with Gasteiger partial charge in [-0.2, -0.15) is 0 Å². The van der Waals surface area contributed by atoms with Gasteiger partial charge in [0.2, 0.25) is 5.91 Å². The molecule has 0 radical (unpaired) electrons. The SMILES string of the molecule is CN(Cc1ccco1)[C@@H](C(=O)Nc1ccccc1)c1ccccc1. The fourth-order valence-electron chi connectivity index (χ4n) is 2.71. The Morgan fingerprint density at radius 2 is 1.67 bits per heavy atom. The average Bonchev–Trinajstić information content (AvgIpc) is 3.10. The van der Waals surface area contributed by atoms with Crippen molar-refractivity contribution < 1.29 is 9.21 Å². The Morgan fingerprint density at radius 3 is 2.29 bits per heavy atom. The van der Waals surface area contributed by atoms with Crippen molar-refractivity contribution >= 4 is 11.6 Å². The van der Waals surface area contributed by atoms with Crippen LogP contribution in [0, 0.1) is 0 Å². The molecule has 0 saturated carbocycles. The second-order valence-electron chi connectivity index (χ2n) is 5.66. The number of nitrogens with zero attached hydrogens (tertiary/aromatic N) is 1. The molecule has 24 heavy (non-hydrogen) atoms. The van der Waals surface area contributed by atoms with Crippen LogP contribution in [0.25, 0.3) is 0 Å². The van der Waals surface area contributed by atoms with Gasteiger partial charge >= 0.3 is 0 Å². The van der Waals surface area contributed by atoms with Crippen molar-refractivity contribution in [1.29, 1.82) is 0 Å². The van der Waals surface area contributed by atoms with E-state index in [0.29, 0.717) is 6.54 Å². The highest BCUT2D eigenvalue weighted by molar-refractivity contribution is 5.95. The molecule has 1 aromatic heterocycles. The van der Waals surface area contributed by atoms with Gasteiger partial charge in [0.25, 0.3) is 0 Å². The molecule has 0 fully saturated rings. The fourth-order valence-corrected chi connectivity index (χ4v) is 2.71. The molecule has 3 aromatic rings. The van der Waals surface area contributed by atoms with E-state index in [9.17, 15) is 4.79 Å². The minimum absolute atomic E-state index is 0.0681. The van der Waals surface area contributed by atoms with E-state index in [1.807, 2.05) is 84.7 Å². The first-order valence-electron chi connectivity index (χ1n) is 7.87. The first-order valence-corrected chi connectivity index (χ1v) is 7.87. The van der Waals surface area contributed by atoms with Gasteiger partial charge in [-0.1, -0.05) is 48.5 Å². The summed E-state index contributed by atoms with van der Waals surface area (Å²) in [5.41, 5.74) is 1.73. The van der Waals surface area contributed by atoms with E-state index in [1.165, 1.54) is 0 Å². The van der Waals surface area contributed by atoms with Crippen molar-refractivity contribution in [2.75, 3.05) is 12.4 Å². The molecular weight excluding hydrogens is 300 g/mol. The molecule has 3 rings (SSSR count). The van der Waals surface area contributed by atoms with Crippen molar-refractivity contribution in [3.05, 3.63) is 90.4 Å². The highest BCUT2D eigenvalue weighted by Crippen LogP contribution is 2.23. The molecule has 0 unspecified atom stereocenters. The Kier molecular flexibility index (Phi) is 5.08. The number of anilines is 1. The molecule has 122 valence electrons. The maximum Gasteiger partial charge on any atom is 0.246 e. The summed E-state index contributed by atoms with van der Waals surface area (Å²) >= 11 is 0. The molecule has 0 saturated heterocycles. The topological polar surface area (TPSA) is 45.5 Å². The van der Waals surface area contributed by atoms with E-state index in [1.54, 1.807) is 6.26 Å². The molecule has 1 atom stereocenters. The third kappa shape index (κ3) is 3.91. The Balaban J connectivity index is 1.83. The summed E-state index contributed by atoms with van der Waals surface area (Å²) in [5, 5.41) is 2.99. The van der Waals surface area contributed by atoms with Gasteiger partial charge in [0.15, 0.2) is 0 Å². The molecule has 0 aliphatic rings. The molecule has 0 spiro atoms. The zero-order chi connectivity index (χ0) is 16.8. The van der Waals surface area contributed by atoms with Gasteiger partial charge in [-0.15, -0.1) is 0 Å². The highest BCUT2D eigenvalue weighted by Gasteiger charge is 2.25. The summed E-state index contributed by atoms with van der Waals surface area (Å²) in [5.74, 6) is 0.757. The first kappa shape index (κ1) is 16.0. The molecule has 1 N–H and O–H groups in total. The van der Waals surface area contributed by atoms with Crippen LogP contribution in [0.5, 0.6) is 0 Å². The Hall–Kier alpha value is -2.85. The number of carbonyl (C=O) groups is 1. The summed E-state index contributed by atoms with van der Waals surface area (Å²) in [6.07, 6.45) is 1.64. The molecule has 0 bridgehead atoms. The number of para-hydroxylation sites is 1. The largest absolute Gasteiger partial charge is 0.468 e. The smallest absolute Gasteiger partial charge is 0.246 e. The quantitative estimate of drug-likeness (QED) is 0.744. The van der Waals surface area contributed by atoms with Gasteiger partial charge in [0.1, 0.15) is 11.8 Å². The first-order chi connectivity index (χ1) is 11.7. The third-order valence-electron chi connectivity index (χ3n) is 3.83. The van der Waals surface area contributed by atoms with Gasteiger partial charge in [-0.3, -0.25) is 9.69 Å². The summed E-state index contributed by atoms with van der Waals surface area (Å²) in [7, 11) is 1.92. The standard InChI is InChI=1S/C20H20N2O2/c1-22(15-18-13-8-14-24-18)19(16-9-4-2-5-10-16)20(23)21-17-11-6-3-7-12-17/h2-14,19H,15H2,1H3,(H,21,23)/t19-/m1/s1. The van der Waals surface area contributed by atoms with E-state index in [4.69, 9.17) is 4.42 Å². The summed E-state index contributed by atoms with van der Waals surface area (Å²) in [6, 6.07) is 22.6. The average molecular weight is 320 g/mol. The number of likely N-dealkylation sites (N-methyl/N-ethyl adjacent to an activating group) is 1. The third-order valence-corrected chi connectivity index (χ3v) is 3.83. The van der Waals surface area contributed by atoms with Crippen LogP contribution >= 0.6 is 0 Å². The lowest BCUT2D eigenvalue weighted by Crippen LogP contribution is -2.34. The zero-order valence-electron chi connectivity index (χ0n) is 13.6. The lowest BCUT2D eigenvalue weighted by atomic mass is 10.0. The lowest BCUT2D eigenvalue weighted by Gasteiger charge is -2.27. The Labute approximate surface area is 141 Å². The van der Waals surface area contributed by atoms with Gasteiger partial charge in [0, 0.05) is 5.69 Å². The van der Waals surface area contributed by atoms with Crippen molar-refractivity contribution in [3.8, 4) is 0 Å². The van der Waals surface area contributed by atoms with Crippen LogP contribution < -0.4 is 5.32 Å². The van der Waals surface area contributed by atoms with E-state index < -0.39 is 6.04 Å². The van der Waals surface area contributed by atoms with Crippen LogP contribution in [0.2, 0.25) is 0 Å². The van der Waals surface area contributed by atoms with E-state index in [2.05, 4.69) is 5.32 Å². The van der Waals surface area contributed by atoms with Crippen LogP contribution in [0.3, 0.4) is 0 Å². The second kappa shape index (κ2) is 7.62. The summed E-state index contributed by atoms with van der Waals surface area (Å²) in [6.45, 7) is 0.550. The number of hydrogen-bond donors (Lipinski definition) is 1. The van der Waals surface area contributed by atoms with Crippen LogP contribution in [0.15, 0.2) is 83.5 Å². The number of rotatable bonds is 6. The van der Waals surface area contributed by atoms with Crippen LogP contribution in [-0.2, 0) is 11.3 Å². The minimum Gasteiger partial charge on any atom is -0.468 e. The molecule has 4 heteroatoms. The monoisotopic (exact) mass is 320 g/mol. The molecule has 1 amide bonds. The molecule has 2 aromatic carbocycles. The van der Waals surface area contributed by atoms with Crippen LogP contribution in [0.1, 0.15) is 17.4 Å². The normalized spacial score (nSPS) is 12.1. The van der Waals surface area contributed by atoms with Gasteiger partial charge in [-0.05, 0) is 36.9 Å². The molecule has 0 aliphatic heterocycles. The Morgan fingerprint density at radius 1 is 1.00 bits per heavy atom. The minimum atomic E-state index is -0.406. The van der Waals surface area contributed by atoms with E-state index >= 15 is 0 Å². The molecule has 1 heterocycles. The summed E-state index contributed by atoms with van der Waals surface area (Å²) < 4.78 is 5.41. The zero-order valence-corrected chi connectivity index (χ0v) is 13.6. The number of benzene rings is 2. The van der Waals surface area contributed by atoms with Crippen molar-refractivity contribution in [2.24, 2.45) is 0 Å². The van der Waals surface area contributed by atoms with Gasteiger partial charge in [-0.25, -0.2) is 0 Å². The van der Waals surface area contributed by atoms with E-state index in [0.717, 1.165) is 17.0 Å². The maximum atomic E-state index is 12.9. The van der Waals surface area contributed by atoms with Crippen molar-refractivity contribution in [2.45, 2.75) is 12.6 Å². The van der Waals surface area contributed by atoms with Crippen molar-refractivity contribution in [1.82, 2.24) is 4.90 Å². The number of furan rings is 1. The Bertz CT molecular complexity index is 755. The number of carbonyl (C=O) groups excluding carboxylic acids is 1. The van der Waals surface area contributed by atoms with Gasteiger partial charge in [0.05, 0.1) is 12.8 Å². The molecular formula is C20H20N2O2. The fraction of sp³-hybridized carbons (Fsp3) is 0.150. The number of nitrogens with one attached hydrogen (secondary N) is 1. The molecule has 0 aliphatic carbocycles. The molecule has 4 nitrogen and oxygen atoms in total. The summed E-state index contributed by atoms with van der Waals surface area (Å²) in [4.78, 5) is 14.9. The number of hydrogen-bond acceptors (Lipinski definition) is 3. The second-order valence-corrected chi connectivity index (χ2v) is 5.66. The predicted molar refractivity (Wildman–Crippen MR) is 94.4 cm³/mol. The van der Waals surface area contributed by atoms with E-state index in [-0.39, 0.29) is 5.91 Å². The predicted octanol–water partition coefficient (Wildman–Crippen LogP) is 4.09. The van der Waals surface area contributed by atoms with Crippen LogP contribution in [-0.4, -0.2) is 17.9 Å². The maximum absolute atomic E-state index is 12.9. The lowest BCUT2D eigenvalue weighted by molar-refractivity contribution is -0.121. The van der Waals surface area contributed by atoms with Crippen LogP contribution in [0.4, 0.5) is 5.69 Å². The highest BCUT2D eigenvalue weighted by atomic mass is 16.3. The van der Waals surface area contributed by atoms with Crippen molar-refractivity contribution in [3.63, 3.8) is 0 Å². The van der Waals surface area contributed by atoms with Gasteiger partial charge < -0.3 is 9.73 Å².